The second-order valence-electron chi connectivity index (χ2n) is 8.19. The summed E-state index contributed by atoms with van der Waals surface area (Å²) >= 11 is 0. The Morgan fingerprint density at radius 2 is 1.71 bits per heavy atom. The second-order valence-corrected chi connectivity index (χ2v) is 8.19. The summed E-state index contributed by atoms with van der Waals surface area (Å²) in [6, 6.07) is 14.7. The Morgan fingerprint density at radius 3 is 2.26 bits per heavy atom. The SMILES string of the molecule is CCOC(=O)C1=C(Nc2ccccc2)C[C@@](C)(O)[C@H](C(=O)OCC)[C@@H]1c1ccc([N+](=O)[O-])cc1. The lowest BCUT2D eigenvalue weighted by Crippen LogP contribution is -2.49. The topological polar surface area (TPSA) is 128 Å². The van der Waals surface area contributed by atoms with Gasteiger partial charge in [0.05, 0.1) is 35.2 Å². The summed E-state index contributed by atoms with van der Waals surface area (Å²) in [5.41, 5.74) is -0.0246. The molecule has 0 heterocycles. The number of nitrogens with zero attached hydrogens (tertiary/aromatic N) is 1. The van der Waals surface area contributed by atoms with Crippen molar-refractivity contribution < 1.29 is 29.1 Å². The lowest BCUT2D eigenvalue weighted by atomic mass is 9.65. The Morgan fingerprint density at radius 1 is 1.09 bits per heavy atom. The van der Waals surface area contributed by atoms with Crippen LogP contribution in [0, 0.1) is 16.0 Å². The maximum Gasteiger partial charge on any atom is 0.336 e. The summed E-state index contributed by atoms with van der Waals surface area (Å²) in [6.45, 7) is 5.04. The number of nitro groups is 1. The summed E-state index contributed by atoms with van der Waals surface area (Å²) in [6.07, 6.45) is -0.0387. The molecule has 0 aliphatic heterocycles. The molecule has 0 radical (unpaired) electrons. The molecule has 2 aromatic carbocycles. The highest BCUT2D eigenvalue weighted by atomic mass is 16.6. The third kappa shape index (κ3) is 5.26. The Bertz CT molecular complexity index is 1080. The number of rotatable bonds is 8. The van der Waals surface area contributed by atoms with E-state index in [-0.39, 0.29) is 30.9 Å². The molecular formula is C25H28N2O7. The fourth-order valence-corrected chi connectivity index (χ4v) is 4.33. The van der Waals surface area contributed by atoms with Crippen molar-refractivity contribution >= 4 is 23.3 Å². The molecule has 0 saturated heterocycles. The number of anilines is 1. The average molecular weight is 469 g/mol. The standard InChI is InChI=1S/C25H28N2O7/c1-4-33-23(28)21-19(26-17-9-7-6-8-10-17)15-25(3,30)22(24(29)34-5-2)20(21)16-11-13-18(14-12-16)27(31)32/h6-14,20,22,26,30H,4-5,15H2,1-3H3/t20-,22+,25-/m1/s1. The van der Waals surface area contributed by atoms with Gasteiger partial charge in [-0.3, -0.25) is 14.9 Å². The Balaban J connectivity index is 2.24. The zero-order valence-electron chi connectivity index (χ0n) is 19.3. The predicted octanol–water partition coefficient (Wildman–Crippen LogP) is 3.94. The molecule has 0 unspecified atom stereocenters. The first-order chi connectivity index (χ1) is 16.2. The Kier molecular flexibility index (Phi) is 7.68. The van der Waals surface area contributed by atoms with E-state index in [9.17, 15) is 24.8 Å². The number of carbonyl (C=O) groups excluding carboxylic acids is 2. The van der Waals surface area contributed by atoms with Crippen LogP contribution in [0.5, 0.6) is 0 Å². The van der Waals surface area contributed by atoms with Crippen LogP contribution in [0.25, 0.3) is 0 Å². The van der Waals surface area contributed by atoms with Crippen LogP contribution in [0.2, 0.25) is 0 Å². The van der Waals surface area contributed by atoms with E-state index < -0.39 is 34.3 Å². The highest BCUT2D eigenvalue weighted by Gasteiger charge is 2.52. The van der Waals surface area contributed by atoms with Gasteiger partial charge in [-0.05, 0) is 38.5 Å². The maximum absolute atomic E-state index is 13.2. The van der Waals surface area contributed by atoms with Crippen LogP contribution in [0.4, 0.5) is 11.4 Å². The maximum atomic E-state index is 13.2. The van der Waals surface area contributed by atoms with Crippen molar-refractivity contribution in [3.8, 4) is 0 Å². The van der Waals surface area contributed by atoms with Crippen molar-refractivity contribution in [2.45, 2.75) is 38.7 Å². The number of non-ortho nitro benzene ring substituents is 1. The molecule has 9 heteroatoms. The van der Waals surface area contributed by atoms with Gasteiger partial charge >= 0.3 is 11.9 Å². The molecule has 0 saturated carbocycles. The van der Waals surface area contributed by atoms with E-state index in [0.717, 1.165) is 0 Å². The first-order valence-corrected chi connectivity index (χ1v) is 11.0. The molecule has 9 nitrogen and oxygen atoms in total. The number of para-hydroxylation sites is 1. The molecule has 0 bridgehead atoms. The number of benzene rings is 2. The van der Waals surface area contributed by atoms with Crippen molar-refractivity contribution in [1.82, 2.24) is 0 Å². The van der Waals surface area contributed by atoms with E-state index in [4.69, 9.17) is 9.47 Å². The van der Waals surface area contributed by atoms with Gasteiger partial charge in [-0.2, -0.15) is 0 Å². The molecule has 3 rings (SSSR count). The van der Waals surface area contributed by atoms with Gasteiger partial charge in [-0.25, -0.2) is 4.79 Å². The number of hydrogen-bond donors (Lipinski definition) is 2. The Hall–Kier alpha value is -3.72. The van der Waals surface area contributed by atoms with Crippen molar-refractivity contribution in [3.05, 3.63) is 81.5 Å². The van der Waals surface area contributed by atoms with Crippen LogP contribution < -0.4 is 5.32 Å². The first kappa shape index (κ1) is 24.9. The third-order valence-corrected chi connectivity index (χ3v) is 5.74. The minimum absolute atomic E-state index is 0.0387. The highest BCUT2D eigenvalue weighted by Crippen LogP contribution is 2.48. The molecule has 1 aliphatic rings. The molecule has 34 heavy (non-hydrogen) atoms. The summed E-state index contributed by atoms with van der Waals surface area (Å²) in [7, 11) is 0. The van der Waals surface area contributed by atoms with E-state index in [0.29, 0.717) is 16.9 Å². The smallest absolute Gasteiger partial charge is 0.336 e. The fourth-order valence-electron chi connectivity index (χ4n) is 4.33. The van der Waals surface area contributed by atoms with Gasteiger partial charge in [-0.1, -0.05) is 30.3 Å². The van der Waals surface area contributed by atoms with E-state index in [1.807, 2.05) is 30.3 Å². The minimum atomic E-state index is -1.59. The lowest BCUT2D eigenvalue weighted by Gasteiger charge is -2.43. The number of carbonyl (C=O) groups is 2. The van der Waals surface area contributed by atoms with Crippen molar-refractivity contribution in [2.75, 3.05) is 18.5 Å². The minimum Gasteiger partial charge on any atom is -0.466 e. The van der Waals surface area contributed by atoms with Crippen LogP contribution in [0.3, 0.4) is 0 Å². The van der Waals surface area contributed by atoms with Gasteiger partial charge in [0.2, 0.25) is 0 Å². The molecule has 0 amide bonds. The largest absolute Gasteiger partial charge is 0.466 e. The number of aliphatic hydroxyl groups is 1. The number of ether oxygens (including phenoxy) is 2. The van der Waals surface area contributed by atoms with Gasteiger partial charge in [-0.15, -0.1) is 0 Å². The average Bonchev–Trinajstić information content (AvgIpc) is 2.79. The predicted molar refractivity (Wildman–Crippen MR) is 125 cm³/mol. The normalized spacial score (nSPS) is 22.1. The molecule has 0 fully saturated rings. The van der Waals surface area contributed by atoms with Crippen molar-refractivity contribution in [2.24, 2.45) is 5.92 Å². The number of nitrogens with one attached hydrogen (secondary N) is 1. The molecular weight excluding hydrogens is 440 g/mol. The van der Waals surface area contributed by atoms with Crippen LogP contribution in [-0.2, 0) is 19.1 Å². The molecule has 0 spiro atoms. The number of esters is 2. The number of nitro benzene ring substituents is 1. The fraction of sp³-hybridized carbons (Fsp3) is 0.360. The van der Waals surface area contributed by atoms with E-state index in [1.165, 1.54) is 31.2 Å². The summed E-state index contributed by atoms with van der Waals surface area (Å²) in [5.74, 6) is -3.42. The molecule has 0 aromatic heterocycles. The third-order valence-electron chi connectivity index (χ3n) is 5.74. The van der Waals surface area contributed by atoms with Gasteiger partial charge in [0, 0.05) is 35.9 Å². The first-order valence-electron chi connectivity index (χ1n) is 11.0. The lowest BCUT2D eigenvalue weighted by molar-refractivity contribution is -0.384. The molecule has 2 N–H and O–H groups in total. The van der Waals surface area contributed by atoms with Gasteiger partial charge in [0.1, 0.15) is 0 Å². The Labute approximate surface area is 197 Å². The molecule has 2 aromatic rings. The quantitative estimate of drug-likeness (QED) is 0.339. The summed E-state index contributed by atoms with van der Waals surface area (Å²) < 4.78 is 10.6. The van der Waals surface area contributed by atoms with Gasteiger partial charge < -0.3 is 19.9 Å². The van der Waals surface area contributed by atoms with Crippen LogP contribution in [-0.4, -0.2) is 40.8 Å². The van der Waals surface area contributed by atoms with Crippen molar-refractivity contribution in [1.29, 1.82) is 0 Å². The molecule has 3 atom stereocenters. The van der Waals surface area contributed by atoms with Crippen LogP contribution >= 0.6 is 0 Å². The highest BCUT2D eigenvalue weighted by molar-refractivity contribution is 5.94. The zero-order valence-corrected chi connectivity index (χ0v) is 19.3. The monoisotopic (exact) mass is 468 g/mol. The van der Waals surface area contributed by atoms with E-state index >= 15 is 0 Å². The molecule has 1 aliphatic carbocycles. The van der Waals surface area contributed by atoms with Gasteiger partial charge in [0.25, 0.3) is 5.69 Å². The second kappa shape index (κ2) is 10.5. The summed E-state index contributed by atoms with van der Waals surface area (Å²) in [4.78, 5) is 36.9. The van der Waals surface area contributed by atoms with E-state index in [1.54, 1.807) is 13.8 Å². The number of hydrogen-bond acceptors (Lipinski definition) is 8. The zero-order chi connectivity index (χ0) is 24.9. The van der Waals surface area contributed by atoms with Crippen LogP contribution in [0.1, 0.15) is 38.7 Å². The summed E-state index contributed by atoms with van der Waals surface area (Å²) in [5, 5.41) is 25.8. The molecule has 180 valence electrons. The van der Waals surface area contributed by atoms with Crippen molar-refractivity contribution in [3.63, 3.8) is 0 Å². The van der Waals surface area contributed by atoms with Crippen LogP contribution in [0.15, 0.2) is 65.9 Å². The van der Waals surface area contributed by atoms with E-state index in [2.05, 4.69) is 5.32 Å². The van der Waals surface area contributed by atoms with Gasteiger partial charge in [0.15, 0.2) is 0 Å².